The number of ether oxygens (including phenoxy) is 1. The van der Waals surface area contributed by atoms with E-state index < -0.39 is 42.8 Å². The minimum atomic E-state index is -1.60. The van der Waals surface area contributed by atoms with Gasteiger partial charge >= 0.3 is 5.97 Å². The fourth-order valence-corrected chi connectivity index (χ4v) is 2.89. The molecule has 1 aliphatic rings. The van der Waals surface area contributed by atoms with Crippen molar-refractivity contribution in [3.8, 4) is 5.75 Å². The maximum atomic E-state index is 12.8. The SMILES string of the molecule is C[C@@H]1/C=C\C(=O)[C@@H](O)[C@@H](O)C/C=C/c2cc(NCC(O)CO)cc(O)c2C(=O)O[C@H]1C. The summed E-state index contributed by atoms with van der Waals surface area (Å²) in [6.07, 6.45) is 0.865. The Labute approximate surface area is 180 Å². The summed E-state index contributed by atoms with van der Waals surface area (Å²) in [6, 6.07) is 2.83. The van der Waals surface area contributed by atoms with Gasteiger partial charge in [-0.1, -0.05) is 25.2 Å². The zero-order chi connectivity index (χ0) is 23.1. The highest BCUT2D eigenvalue weighted by molar-refractivity contribution is 5.97. The Bertz CT molecular complexity index is 850. The molecule has 6 N–H and O–H groups in total. The zero-order valence-corrected chi connectivity index (χ0v) is 17.4. The third kappa shape index (κ3) is 6.63. The van der Waals surface area contributed by atoms with E-state index in [0.29, 0.717) is 5.69 Å². The standard InChI is InChI=1S/C22H29NO8/c1-12-6-7-18(27)21(29)17(26)5-3-4-14-8-15(23-10-16(25)11-24)9-19(28)20(14)22(30)31-13(12)2/h3-4,6-9,12-13,16-17,21,23-26,28-29H,5,10-11H2,1-2H3/b4-3+,7-6-/t12-,13+,16?,17+,21+/m1/s1. The molecule has 2 rings (SSSR count). The molecule has 170 valence electrons. The Kier molecular flexibility index (Phi) is 8.76. The number of rotatable bonds is 4. The van der Waals surface area contributed by atoms with Crippen molar-refractivity contribution in [1.82, 2.24) is 0 Å². The lowest BCUT2D eigenvalue weighted by Crippen LogP contribution is -2.32. The van der Waals surface area contributed by atoms with Crippen LogP contribution < -0.4 is 5.32 Å². The molecule has 0 radical (unpaired) electrons. The Hall–Kier alpha value is -2.72. The number of cyclic esters (lactones) is 1. The number of carbonyl (C=O) groups excluding carboxylic acids is 2. The number of aliphatic hydroxyl groups is 4. The third-order valence-electron chi connectivity index (χ3n) is 5.03. The van der Waals surface area contributed by atoms with E-state index in [9.17, 15) is 30.0 Å². The highest BCUT2D eigenvalue weighted by atomic mass is 16.5. The molecule has 1 heterocycles. The van der Waals surface area contributed by atoms with Crippen molar-refractivity contribution in [2.45, 2.75) is 44.7 Å². The zero-order valence-electron chi connectivity index (χ0n) is 17.4. The predicted octanol–water partition coefficient (Wildman–Crippen LogP) is 0.603. The molecular weight excluding hydrogens is 406 g/mol. The first kappa shape index (κ1) is 24.5. The number of fused-ring (bicyclic) bond motifs is 1. The number of anilines is 1. The second-order valence-corrected chi connectivity index (χ2v) is 7.56. The van der Waals surface area contributed by atoms with Gasteiger partial charge in [-0.15, -0.1) is 0 Å². The van der Waals surface area contributed by atoms with Gasteiger partial charge in [-0.25, -0.2) is 4.79 Å². The number of esters is 1. The van der Waals surface area contributed by atoms with Crippen LogP contribution in [0.5, 0.6) is 5.75 Å². The molecule has 5 atom stereocenters. The number of aromatic hydroxyl groups is 1. The molecule has 0 aliphatic carbocycles. The molecule has 1 aliphatic heterocycles. The van der Waals surface area contributed by atoms with Crippen LogP contribution in [0.4, 0.5) is 5.69 Å². The van der Waals surface area contributed by atoms with Crippen LogP contribution in [0.25, 0.3) is 6.08 Å². The van der Waals surface area contributed by atoms with E-state index in [0.717, 1.165) is 6.08 Å². The van der Waals surface area contributed by atoms with Crippen LogP contribution in [0.15, 0.2) is 30.4 Å². The quantitative estimate of drug-likeness (QED) is 0.373. The summed E-state index contributed by atoms with van der Waals surface area (Å²) < 4.78 is 5.45. The lowest BCUT2D eigenvalue weighted by Gasteiger charge is -2.20. The average Bonchev–Trinajstić information content (AvgIpc) is 2.73. The smallest absolute Gasteiger partial charge is 0.342 e. The molecule has 9 nitrogen and oxygen atoms in total. The van der Waals surface area contributed by atoms with Crippen LogP contribution in [0.1, 0.15) is 36.2 Å². The maximum Gasteiger partial charge on any atom is 0.342 e. The highest BCUT2D eigenvalue weighted by Crippen LogP contribution is 2.30. The second-order valence-electron chi connectivity index (χ2n) is 7.56. The Morgan fingerprint density at radius 1 is 1.19 bits per heavy atom. The molecular formula is C22H29NO8. The molecule has 31 heavy (non-hydrogen) atoms. The van der Waals surface area contributed by atoms with Gasteiger partial charge in [-0.3, -0.25) is 4.79 Å². The summed E-state index contributed by atoms with van der Waals surface area (Å²) in [5.74, 6) is -2.15. The lowest BCUT2D eigenvalue weighted by molar-refractivity contribution is -0.127. The van der Waals surface area contributed by atoms with E-state index in [-0.39, 0.29) is 35.8 Å². The van der Waals surface area contributed by atoms with Gasteiger partial charge < -0.3 is 35.6 Å². The summed E-state index contributed by atoms with van der Waals surface area (Å²) >= 11 is 0. The summed E-state index contributed by atoms with van der Waals surface area (Å²) in [4.78, 5) is 24.8. The number of benzene rings is 1. The van der Waals surface area contributed by atoms with Gasteiger partial charge in [-0.2, -0.15) is 0 Å². The maximum absolute atomic E-state index is 12.8. The summed E-state index contributed by atoms with van der Waals surface area (Å²) in [7, 11) is 0. The van der Waals surface area contributed by atoms with E-state index in [1.54, 1.807) is 13.8 Å². The fourth-order valence-electron chi connectivity index (χ4n) is 2.89. The van der Waals surface area contributed by atoms with Crippen LogP contribution in [0.3, 0.4) is 0 Å². The molecule has 0 fully saturated rings. The first-order valence-corrected chi connectivity index (χ1v) is 9.99. The Morgan fingerprint density at radius 3 is 2.58 bits per heavy atom. The van der Waals surface area contributed by atoms with Gasteiger partial charge in [0.2, 0.25) is 0 Å². The van der Waals surface area contributed by atoms with Crippen LogP contribution in [-0.2, 0) is 9.53 Å². The number of hydrogen-bond acceptors (Lipinski definition) is 9. The predicted molar refractivity (Wildman–Crippen MR) is 114 cm³/mol. The van der Waals surface area contributed by atoms with Crippen molar-refractivity contribution >= 4 is 23.5 Å². The molecule has 0 saturated heterocycles. The minimum Gasteiger partial charge on any atom is -0.507 e. The number of nitrogens with one attached hydrogen (secondary N) is 1. The van der Waals surface area contributed by atoms with E-state index in [1.807, 2.05) is 0 Å². The molecule has 0 saturated carbocycles. The van der Waals surface area contributed by atoms with Crippen LogP contribution in [0.2, 0.25) is 0 Å². The van der Waals surface area contributed by atoms with Gasteiger partial charge in [0.15, 0.2) is 5.78 Å². The first-order valence-electron chi connectivity index (χ1n) is 9.99. The van der Waals surface area contributed by atoms with E-state index in [2.05, 4.69) is 5.32 Å². The topological polar surface area (TPSA) is 157 Å². The largest absolute Gasteiger partial charge is 0.507 e. The monoisotopic (exact) mass is 435 g/mol. The van der Waals surface area contributed by atoms with Crippen LogP contribution >= 0.6 is 0 Å². The first-order chi connectivity index (χ1) is 14.6. The number of aliphatic hydroxyl groups excluding tert-OH is 4. The number of phenolic OH excluding ortho intramolecular Hbond substituents is 1. The fraction of sp³-hybridized carbons (Fsp3) is 0.455. The molecule has 0 spiro atoms. The number of carbonyl (C=O) groups is 2. The van der Waals surface area contributed by atoms with E-state index >= 15 is 0 Å². The summed E-state index contributed by atoms with van der Waals surface area (Å²) in [5.41, 5.74) is 0.560. The van der Waals surface area contributed by atoms with Crippen molar-refractivity contribution in [1.29, 1.82) is 0 Å². The Balaban J connectivity index is 2.44. The minimum absolute atomic E-state index is 0.0107. The number of ketones is 1. The Morgan fingerprint density at radius 2 is 1.90 bits per heavy atom. The molecule has 0 amide bonds. The average molecular weight is 435 g/mol. The van der Waals surface area contributed by atoms with Crippen molar-refractivity contribution in [3.63, 3.8) is 0 Å². The lowest BCUT2D eigenvalue weighted by atomic mass is 9.99. The van der Waals surface area contributed by atoms with Crippen molar-refractivity contribution in [2.75, 3.05) is 18.5 Å². The normalized spacial score (nSPS) is 28.1. The van der Waals surface area contributed by atoms with Gasteiger partial charge in [-0.05, 0) is 31.1 Å². The van der Waals surface area contributed by atoms with Gasteiger partial charge in [0.1, 0.15) is 23.5 Å². The van der Waals surface area contributed by atoms with Gasteiger partial charge in [0.25, 0.3) is 0 Å². The number of phenols is 1. The van der Waals surface area contributed by atoms with E-state index in [1.165, 1.54) is 30.4 Å². The second kappa shape index (κ2) is 11.1. The van der Waals surface area contributed by atoms with E-state index in [4.69, 9.17) is 9.84 Å². The molecule has 9 heteroatoms. The third-order valence-corrected chi connectivity index (χ3v) is 5.03. The summed E-state index contributed by atoms with van der Waals surface area (Å²) in [6.45, 7) is 2.92. The van der Waals surface area contributed by atoms with Crippen molar-refractivity contribution < 1.29 is 39.9 Å². The molecule has 0 aromatic heterocycles. The number of hydrogen-bond donors (Lipinski definition) is 6. The van der Waals surface area contributed by atoms with Gasteiger partial charge in [0, 0.05) is 24.2 Å². The van der Waals surface area contributed by atoms with Crippen molar-refractivity contribution in [2.24, 2.45) is 5.92 Å². The van der Waals surface area contributed by atoms with Crippen molar-refractivity contribution in [3.05, 3.63) is 41.5 Å². The summed E-state index contributed by atoms with van der Waals surface area (Å²) in [5, 5.41) is 51.9. The highest BCUT2D eigenvalue weighted by Gasteiger charge is 2.25. The molecule has 1 aromatic carbocycles. The van der Waals surface area contributed by atoms with Crippen LogP contribution in [0, 0.1) is 5.92 Å². The van der Waals surface area contributed by atoms with Crippen LogP contribution in [-0.4, -0.2) is 74.9 Å². The van der Waals surface area contributed by atoms with Gasteiger partial charge in [0.05, 0.1) is 18.8 Å². The molecule has 1 aromatic rings. The molecule has 0 bridgehead atoms. The molecule has 1 unspecified atom stereocenters.